The second kappa shape index (κ2) is 13.3. The summed E-state index contributed by atoms with van der Waals surface area (Å²) in [5, 5.41) is 2.46. The summed E-state index contributed by atoms with van der Waals surface area (Å²) in [6.07, 6.45) is 8.15. The van der Waals surface area contributed by atoms with Crippen molar-refractivity contribution in [2.24, 2.45) is 0 Å². The number of allylic oxidation sites excluding steroid dienone is 2. The molecule has 3 heteroatoms. The molecule has 0 heterocycles. The Kier molecular flexibility index (Phi) is 9.66. The quantitative estimate of drug-likeness (QED) is 0.152. The molecule has 1 atom stereocenters. The van der Waals surface area contributed by atoms with Crippen LogP contribution in [0.25, 0.3) is 6.08 Å². The van der Waals surface area contributed by atoms with Gasteiger partial charge in [-0.05, 0) is 26.5 Å². The highest BCUT2D eigenvalue weighted by Crippen LogP contribution is 2.37. The third-order valence-corrected chi connectivity index (χ3v) is 11.7. The van der Waals surface area contributed by atoms with Crippen LogP contribution in [0.4, 0.5) is 0 Å². The van der Waals surface area contributed by atoms with Gasteiger partial charge < -0.3 is 9.16 Å². The zero-order chi connectivity index (χ0) is 26.7. The summed E-state index contributed by atoms with van der Waals surface area (Å²) in [6.45, 7) is 7.91. The maximum atomic E-state index is 7.17. The molecule has 0 radical (unpaired) electrons. The molecule has 0 aliphatic carbocycles. The molecule has 2 nitrogen and oxygen atoms in total. The first-order valence-corrected chi connectivity index (χ1v) is 15.2. The van der Waals surface area contributed by atoms with Crippen LogP contribution in [0.15, 0.2) is 140 Å². The van der Waals surface area contributed by atoms with E-state index < -0.39 is 8.32 Å². The molecule has 0 saturated heterocycles. The zero-order valence-electron chi connectivity index (χ0n) is 22.7. The Labute approximate surface area is 229 Å². The predicted molar refractivity (Wildman–Crippen MR) is 163 cm³/mol. The molecule has 194 valence electrons. The fraction of sp³-hybridized carbons (Fsp3) is 0.200. The number of rotatable bonds is 11. The monoisotopic (exact) mass is 518 g/mol. The van der Waals surface area contributed by atoms with E-state index in [0.29, 0.717) is 13.2 Å². The fourth-order valence-corrected chi connectivity index (χ4v) is 9.39. The van der Waals surface area contributed by atoms with Crippen molar-refractivity contribution in [1.82, 2.24) is 0 Å². The molecule has 38 heavy (non-hydrogen) atoms. The lowest BCUT2D eigenvalue weighted by atomic mass is 10.2. The van der Waals surface area contributed by atoms with Gasteiger partial charge in [0.1, 0.15) is 0 Å². The molecule has 0 saturated carbocycles. The molecule has 0 fully saturated rings. The lowest BCUT2D eigenvalue weighted by Gasteiger charge is -2.43. The van der Waals surface area contributed by atoms with Crippen molar-refractivity contribution in [1.29, 1.82) is 0 Å². The Hall–Kier alpha value is -3.50. The summed E-state index contributed by atoms with van der Waals surface area (Å²) in [4.78, 5) is 0. The third kappa shape index (κ3) is 7.08. The molecule has 4 aromatic carbocycles. The van der Waals surface area contributed by atoms with E-state index in [4.69, 9.17) is 9.16 Å². The van der Waals surface area contributed by atoms with Gasteiger partial charge in [0.15, 0.2) is 0 Å². The van der Waals surface area contributed by atoms with E-state index in [0.717, 1.165) is 5.56 Å². The van der Waals surface area contributed by atoms with E-state index in [1.807, 2.05) is 36.4 Å². The Morgan fingerprint density at radius 3 is 1.68 bits per heavy atom. The highest BCUT2D eigenvalue weighted by Gasteiger charge is 2.50. The SMILES string of the molecule is CC(C)(C)[Si](OCC(/C=C/C=C/c1ccccc1)OCc1ccccc1)(c1ccccc1)c1ccccc1. The minimum absolute atomic E-state index is 0.0867. The fourth-order valence-electron chi connectivity index (χ4n) is 4.82. The molecule has 0 bridgehead atoms. The molecule has 0 spiro atoms. The lowest BCUT2D eigenvalue weighted by molar-refractivity contribution is 0.0366. The van der Waals surface area contributed by atoms with Crippen LogP contribution in [0.1, 0.15) is 31.9 Å². The number of ether oxygens (including phenoxy) is 1. The summed E-state index contributed by atoms with van der Waals surface area (Å²) in [5.41, 5.74) is 2.32. The van der Waals surface area contributed by atoms with Gasteiger partial charge in [0, 0.05) is 0 Å². The Morgan fingerprint density at radius 2 is 1.16 bits per heavy atom. The van der Waals surface area contributed by atoms with Crippen molar-refractivity contribution in [3.8, 4) is 0 Å². The Balaban J connectivity index is 1.62. The molecule has 4 aromatic rings. The van der Waals surface area contributed by atoms with Gasteiger partial charge >= 0.3 is 0 Å². The molecule has 4 rings (SSSR count). The largest absolute Gasteiger partial charge is 0.404 e. The van der Waals surface area contributed by atoms with Crippen LogP contribution in [-0.2, 0) is 15.8 Å². The Bertz CT molecular complexity index is 1240. The molecule has 0 N–H and O–H groups in total. The minimum atomic E-state index is -2.65. The van der Waals surface area contributed by atoms with Crippen molar-refractivity contribution in [2.75, 3.05) is 6.61 Å². The number of hydrogen-bond acceptors (Lipinski definition) is 2. The van der Waals surface area contributed by atoms with Gasteiger partial charge in [0.2, 0.25) is 0 Å². The normalized spacial score (nSPS) is 13.2. The summed E-state index contributed by atoms with van der Waals surface area (Å²) in [6, 6.07) is 42.2. The standard InChI is InChI=1S/C35H38O2Si/c1-35(2,3)38(33-24-12-6-13-25-33,34-26-14-7-15-27-34)37-29-32(36-28-31-21-10-5-11-22-31)23-17-16-20-30-18-8-4-9-19-30/h4-27,32H,28-29H2,1-3H3/b20-16+,23-17+. The first kappa shape index (κ1) is 27.5. The van der Waals surface area contributed by atoms with E-state index in [1.54, 1.807) is 0 Å². The predicted octanol–water partition coefficient (Wildman–Crippen LogP) is 7.42. The summed E-state index contributed by atoms with van der Waals surface area (Å²) in [5.74, 6) is 0. The molecule has 0 aliphatic rings. The van der Waals surface area contributed by atoms with Gasteiger partial charge in [-0.25, -0.2) is 0 Å². The second-order valence-corrected chi connectivity index (χ2v) is 14.8. The van der Waals surface area contributed by atoms with E-state index in [9.17, 15) is 0 Å². The van der Waals surface area contributed by atoms with E-state index in [2.05, 4.69) is 130 Å². The van der Waals surface area contributed by atoms with Crippen LogP contribution in [-0.4, -0.2) is 21.0 Å². The van der Waals surface area contributed by atoms with Crippen molar-refractivity contribution in [3.05, 3.63) is 151 Å². The van der Waals surface area contributed by atoms with Crippen LogP contribution in [0.3, 0.4) is 0 Å². The smallest absolute Gasteiger partial charge is 0.261 e. The number of benzene rings is 4. The molecule has 0 aliphatic heterocycles. The van der Waals surface area contributed by atoms with E-state index in [-0.39, 0.29) is 11.1 Å². The van der Waals surface area contributed by atoms with Crippen LogP contribution >= 0.6 is 0 Å². The van der Waals surface area contributed by atoms with Gasteiger partial charge in [-0.2, -0.15) is 0 Å². The van der Waals surface area contributed by atoms with Crippen molar-refractivity contribution in [2.45, 2.75) is 38.5 Å². The summed E-state index contributed by atoms with van der Waals surface area (Å²) >= 11 is 0. The third-order valence-electron chi connectivity index (χ3n) is 6.71. The van der Waals surface area contributed by atoms with Gasteiger partial charge in [0.25, 0.3) is 8.32 Å². The highest BCUT2D eigenvalue weighted by molar-refractivity contribution is 6.99. The maximum Gasteiger partial charge on any atom is 0.261 e. The molecular formula is C35H38O2Si. The summed E-state index contributed by atoms with van der Waals surface area (Å²) < 4.78 is 13.6. The highest BCUT2D eigenvalue weighted by atomic mass is 28.4. The summed E-state index contributed by atoms with van der Waals surface area (Å²) in [7, 11) is -2.65. The zero-order valence-corrected chi connectivity index (χ0v) is 23.7. The maximum absolute atomic E-state index is 7.17. The molecule has 0 amide bonds. The van der Waals surface area contributed by atoms with Crippen LogP contribution in [0.2, 0.25) is 5.04 Å². The average Bonchev–Trinajstić information content (AvgIpc) is 2.95. The van der Waals surface area contributed by atoms with Crippen LogP contribution < -0.4 is 10.4 Å². The second-order valence-electron chi connectivity index (χ2n) is 10.5. The van der Waals surface area contributed by atoms with Gasteiger partial charge in [-0.15, -0.1) is 0 Å². The van der Waals surface area contributed by atoms with Crippen LogP contribution in [0.5, 0.6) is 0 Å². The van der Waals surface area contributed by atoms with Gasteiger partial charge in [-0.1, -0.05) is 166 Å². The molecule has 0 aromatic heterocycles. The lowest BCUT2D eigenvalue weighted by Crippen LogP contribution is -2.67. The van der Waals surface area contributed by atoms with Crippen LogP contribution in [0, 0.1) is 0 Å². The molecule has 1 unspecified atom stereocenters. The average molecular weight is 519 g/mol. The van der Waals surface area contributed by atoms with Crippen molar-refractivity contribution >= 4 is 24.8 Å². The van der Waals surface area contributed by atoms with Gasteiger partial charge in [0.05, 0.1) is 19.3 Å². The van der Waals surface area contributed by atoms with Crippen molar-refractivity contribution < 1.29 is 9.16 Å². The first-order chi connectivity index (χ1) is 18.5. The number of hydrogen-bond donors (Lipinski definition) is 0. The van der Waals surface area contributed by atoms with Crippen molar-refractivity contribution in [3.63, 3.8) is 0 Å². The topological polar surface area (TPSA) is 18.5 Å². The van der Waals surface area contributed by atoms with E-state index in [1.165, 1.54) is 15.9 Å². The molecular weight excluding hydrogens is 480 g/mol. The Morgan fingerprint density at radius 1 is 0.658 bits per heavy atom. The first-order valence-electron chi connectivity index (χ1n) is 13.3. The van der Waals surface area contributed by atoms with Gasteiger partial charge in [-0.3, -0.25) is 0 Å². The minimum Gasteiger partial charge on any atom is -0.404 e. The van der Waals surface area contributed by atoms with E-state index >= 15 is 0 Å².